The number of hydrogen-bond acceptors (Lipinski definition) is 1. The summed E-state index contributed by atoms with van der Waals surface area (Å²) in [6.45, 7) is 0. The predicted molar refractivity (Wildman–Crippen MR) is 59.5 cm³/mol. The second-order valence-corrected chi connectivity index (χ2v) is 3.83. The SMILES string of the molecule is Fc1cc[c]cc1Oc1cccc(Br)c1. The summed E-state index contributed by atoms with van der Waals surface area (Å²) in [6, 6.07) is 14.3. The van der Waals surface area contributed by atoms with Crippen molar-refractivity contribution in [2.75, 3.05) is 0 Å². The molecule has 75 valence electrons. The molecule has 15 heavy (non-hydrogen) atoms. The van der Waals surface area contributed by atoms with Gasteiger partial charge in [0.2, 0.25) is 0 Å². The molecule has 0 aromatic heterocycles. The molecule has 0 aliphatic carbocycles. The van der Waals surface area contributed by atoms with Crippen LogP contribution in [0.5, 0.6) is 11.5 Å². The lowest BCUT2D eigenvalue weighted by atomic mass is 10.3. The zero-order chi connectivity index (χ0) is 10.7. The Morgan fingerprint density at radius 1 is 1.27 bits per heavy atom. The normalized spacial score (nSPS) is 10.0. The van der Waals surface area contributed by atoms with E-state index in [0.29, 0.717) is 5.75 Å². The molecule has 0 heterocycles. The van der Waals surface area contributed by atoms with E-state index in [1.165, 1.54) is 18.2 Å². The van der Waals surface area contributed by atoms with Crippen molar-refractivity contribution in [3.63, 3.8) is 0 Å². The third-order valence-corrected chi connectivity index (χ3v) is 2.29. The summed E-state index contributed by atoms with van der Waals surface area (Å²) in [4.78, 5) is 0. The van der Waals surface area contributed by atoms with Gasteiger partial charge in [-0.05, 0) is 36.4 Å². The van der Waals surface area contributed by atoms with Gasteiger partial charge in [-0.1, -0.05) is 28.1 Å². The highest BCUT2D eigenvalue weighted by atomic mass is 79.9. The summed E-state index contributed by atoms with van der Waals surface area (Å²) < 4.78 is 19.5. The minimum absolute atomic E-state index is 0.176. The van der Waals surface area contributed by atoms with Crippen LogP contribution in [0.3, 0.4) is 0 Å². The lowest BCUT2D eigenvalue weighted by molar-refractivity contribution is 0.442. The van der Waals surface area contributed by atoms with E-state index < -0.39 is 5.82 Å². The van der Waals surface area contributed by atoms with Crippen LogP contribution in [0, 0.1) is 11.9 Å². The lowest BCUT2D eigenvalue weighted by Crippen LogP contribution is -1.87. The molecule has 0 saturated heterocycles. The number of hydrogen-bond donors (Lipinski definition) is 0. The van der Waals surface area contributed by atoms with Crippen molar-refractivity contribution in [3.8, 4) is 11.5 Å². The van der Waals surface area contributed by atoms with E-state index in [2.05, 4.69) is 22.0 Å². The van der Waals surface area contributed by atoms with Crippen molar-refractivity contribution in [2.24, 2.45) is 0 Å². The van der Waals surface area contributed by atoms with Gasteiger partial charge < -0.3 is 4.74 Å². The first-order valence-electron chi connectivity index (χ1n) is 4.35. The first-order valence-corrected chi connectivity index (χ1v) is 5.14. The molecule has 2 rings (SSSR count). The number of rotatable bonds is 2. The summed E-state index contributed by atoms with van der Waals surface area (Å²) >= 11 is 3.31. The van der Waals surface area contributed by atoms with E-state index in [1.807, 2.05) is 12.1 Å². The van der Waals surface area contributed by atoms with E-state index in [9.17, 15) is 4.39 Å². The quantitative estimate of drug-likeness (QED) is 0.792. The summed E-state index contributed by atoms with van der Waals surface area (Å²) in [7, 11) is 0. The van der Waals surface area contributed by atoms with Gasteiger partial charge in [0.05, 0.1) is 0 Å². The molecule has 0 aliphatic heterocycles. The van der Waals surface area contributed by atoms with Crippen LogP contribution in [0.4, 0.5) is 4.39 Å². The standard InChI is InChI=1S/C12H7BrFO/c13-9-4-3-5-10(8-9)15-12-7-2-1-6-11(12)14/h1,3-8H. The molecule has 0 aliphatic rings. The summed E-state index contributed by atoms with van der Waals surface area (Å²) in [5.74, 6) is 0.368. The van der Waals surface area contributed by atoms with Gasteiger partial charge in [-0.3, -0.25) is 0 Å². The smallest absolute Gasteiger partial charge is 0.165 e. The van der Waals surface area contributed by atoms with Crippen LogP contribution in [-0.2, 0) is 0 Å². The third kappa shape index (κ3) is 2.57. The Bertz CT molecular complexity index is 471. The van der Waals surface area contributed by atoms with E-state index >= 15 is 0 Å². The summed E-state index contributed by atoms with van der Waals surface area (Å²) in [6.07, 6.45) is 0. The molecule has 0 amide bonds. The molecule has 0 N–H and O–H groups in total. The van der Waals surface area contributed by atoms with E-state index in [1.54, 1.807) is 12.1 Å². The van der Waals surface area contributed by atoms with E-state index in [0.717, 1.165) is 4.47 Å². The van der Waals surface area contributed by atoms with Gasteiger partial charge in [-0.25, -0.2) is 4.39 Å². The molecule has 1 radical (unpaired) electrons. The Morgan fingerprint density at radius 3 is 2.87 bits per heavy atom. The molecule has 0 spiro atoms. The van der Waals surface area contributed by atoms with Crippen molar-refractivity contribution < 1.29 is 9.13 Å². The maximum Gasteiger partial charge on any atom is 0.165 e. The maximum absolute atomic E-state index is 13.2. The fourth-order valence-corrected chi connectivity index (χ4v) is 1.51. The fraction of sp³-hybridized carbons (Fsp3) is 0. The maximum atomic E-state index is 13.2. The Balaban J connectivity index is 2.26. The van der Waals surface area contributed by atoms with Gasteiger partial charge in [-0.15, -0.1) is 0 Å². The largest absolute Gasteiger partial charge is 0.454 e. The van der Waals surface area contributed by atoms with Crippen LogP contribution in [0.25, 0.3) is 0 Å². The highest BCUT2D eigenvalue weighted by Gasteiger charge is 2.03. The number of halogens is 2. The first-order chi connectivity index (χ1) is 7.25. The monoisotopic (exact) mass is 265 g/mol. The van der Waals surface area contributed by atoms with Gasteiger partial charge in [-0.2, -0.15) is 0 Å². The zero-order valence-corrected chi connectivity index (χ0v) is 9.29. The highest BCUT2D eigenvalue weighted by Crippen LogP contribution is 2.25. The van der Waals surface area contributed by atoms with Gasteiger partial charge >= 0.3 is 0 Å². The average molecular weight is 266 g/mol. The molecule has 1 nitrogen and oxygen atoms in total. The number of benzene rings is 2. The number of ether oxygens (including phenoxy) is 1. The van der Waals surface area contributed by atoms with E-state index in [-0.39, 0.29) is 5.75 Å². The minimum Gasteiger partial charge on any atom is -0.454 e. The Hall–Kier alpha value is -1.35. The van der Waals surface area contributed by atoms with Crippen molar-refractivity contribution in [3.05, 3.63) is 58.8 Å². The molecule has 0 unspecified atom stereocenters. The first kappa shape index (κ1) is 10.2. The average Bonchev–Trinajstić information content (AvgIpc) is 2.22. The van der Waals surface area contributed by atoms with Gasteiger partial charge in [0.15, 0.2) is 11.6 Å². The molecule has 3 heteroatoms. The molecule has 0 saturated carbocycles. The fourth-order valence-electron chi connectivity index (χ4n) is 1.13. The second-order valence-electron chi connectivity index (χ2n) is 2.92. The molecule has 0 fully saturated rings. The summed E-state index contributed by atoms with van der Waals surface area (Å²) in [5.41, 5.74) is 0. The Kier molecular flexibility index (Phi) is 3.02. The van der Waals surface area contributed by atoms with Crippen LogP contribution >= 0.6 is 15.9 Å². The molecule has 2 aromatic rings. The van der Waals surface area contributed by atoms with Crippen LogP contribution in [-0.4, -0.2) is 0 Å². The molecule has 2 aromatic carbocycles. The van der Waals surface area contributed by atoms with Crippen molar-refractivity contribution in [2.45, 2.75) is 0 Å². The van der Waals surface area contributed by atoms with Crippen molar-refractivity contribution in [1.82, 2.24) is 0 Å². The van der Waals surface area contributed by atoms with Crippen molar-refractivity contribution >= 4 is 15.9 Å². The van der Waals surface area contributed by atoms with Crippen LogP contribution in [0.2, 0.25) is 0 Å². The summed E-state index contributed by atoms with van der Waals surface area (Å²) in [5, 5.41) is 0. The molecule has 0 bridgehead atoms. The Labute approximate surface area is 95.6 Å². The highest BCUT2D eigenvalue weighted by molar-refractivity contribution is 9.10. The topological polar surface area (TPSA) is 9.23 Å². The van der Waals surface area contributed by atoms with Crippen molar-refractivity contribution in [1.29, 1.82) is 0 Å². The van der Waals surface area contributed by atoms with Crippen LogP contribution in [0.15, 0.2) is 46.9 Å². The van der Waals surface area contributed by atoms with Crippen LogP contribution < -0.4 is 4.74 Å². The van der Waals surface area contributed by atoms with Crippen LogP contribution in [0.1, 0.15) is 0 Å². The van der Waals surface area contributed by atoms with Gasteiger partial charge in [0.1, 0.15) is 5.75 Å². The predicted octanol–water partition coefficient (Wildman–Crippen LogP) is 4.18. The second kappa shape index (κ2) is 4.45. The lowest BCUT2D eigenvalue weighted by Gasteiger charge is -2.06. The van der Waals surface area contributed by atoms with Gasteiger partial charge in [0.25, 0.3) is 0 Å². The third-order valence-electron chi connectivity index (χ3n) is 1.80. The molecule has 0 atom stereocenters. The molecular weight excluding hydrogens is 259 g/mol. The minimum atomic E-state index is -0.395. The van der Waals surface area contributed by atoms with E-state index in [4.69, 9.17) is 4.74 Å². The van der Waals surface area contributed by atoms with Gasteiger partial charge in [0, 0.05) is 4.47 Å². The zero-order valence-electron chi connectivity index (χ0n) is 7.71. The Morgan fingerprint density at radius 2 is 2.13 bits per heavy atom. The molecular formula is C12H7BrFO.